The summed E-state index contributed by atoms with van der Waals surface area (Å²) in [4.78, 5) is 25.3. The molecule has 1 aromatic heterocycles. The maximum Gasteiger partial charge on any atom is 0.311 e. The van der Waals surface area contributed by atoms with Gasteiger partial charge >= 0.3 is 5.97 Å². The molecule has 0 spiro atoms. The number of phenolic OH excluding ortho intramolecular Hbond substituents is 1. The molecular formula is C22H18ClF2NO4. The second-order valence-electron chi connectivity index (χ2n) is 7.57. The van der Waals surface area contributed by atoms with Gasteiger partial charge in [-0.2, -0.15) is 0 Å². The van der Waals surface area contributed by atoms with Gasteiger partial charge in [-0.1, -0.05) is 18.0 Å². The van der Waals surface area contributed by atoms with Crippen molar-refractivity contribution in [3.8, 4) is 5.75 Å². The number of benzene rings is 2. The molecule has 3 aromatic rings. The van der Waals surface area contributed by atoms with Crippen LogP contribution in [0.25, 0.3) is 10.9 Å². The Morgan fingerprint density at radius 2 is 1.90 bits per heavy atom. The SMILES string of the molecule is Cc1c(C(C(=O)O)C2CCC2)c2c(F)c(O)ccc2n1C(=O)c1ccc(Cl)c(F)c1. The predicted octanol–water partition coefficient (Wildman–Crippen LogP) is 5.24. The van der Waals surface area contributed by atoms with Crippen molar-refractivity contribution >= 4 is 34.4 Å². The van der Waals surface area contributed by atoms with E-state index in [1.54, 1.807) is 0 Å². The fourth-order valence-electron chi connectivity index (χ4n) is 4.21. The Morgan fingerprint density at radius 1 is 1.20 bits per heavy atom. The molecule has 0 aliphatic heterocycles. The van der Waals surface area contributed by atoms with E-state index in [1.165, 1.54) is 29.7 Å². The third kappa shape index (κ3) is 3.04. The highest BCUT2D eigenvalue weighted by atomic mass is 35.5. The van der Waals surface area contributed by atoms with Crippen molar-refractivity contribution in [2.75, 3.05) is 0 Å². The minimum Gasteiger partial charge on any atom is -0.505 e. The highest BCUT2D eigenvalue weighted by Crippen LogP contribution is 2.45. The van der Waals surface area contributed by atoms with Crippen molar-refractivity contribution in [2.24, 2.45) is 5.92 Å². The van der Waals surface area contributed by atoms with E-state index in [0.717, 1.165) is 18.6 Å². The van der Waals surface area contributed by atoms with Crippen molar-refractivity contribution in [3.63, 3.8) is 0 Å². The average Bonchev–Trinajstić information content (AvgIpc) is 2.95. The Bertz CT molecular complexity index is 1200. The molecule has 1 aliphatic rings. The van der Waals surface area contributed by atoms with E-state index in [0.29, 0.717) is 12.8 Å². The zero-order chi connectivity index (χ0) is 21.7. The van der Waals surface area contributed by atoms with Gasteiger partial charge in [0.15, 0.2) is 11.6 Å². The molecule has 0 bridgehead atoms. The van der Waals surface area contributed by atoms with Crippen LogP contribution in [-0.4, -0.2) is 26.7 Å². The number of fused-ring (bicyclic) bond motifs is 1. The standard InChI is InChI=1S/C22H18ClF2NO4/c1-10-17(18(22(29)30)11-3-2-4-11)19-15(7-8-16(27)20(19)25)26(10)21(28)12-5-6-13(23)14(24)9-12/h5-9,11,18,27H,2-4H2,1H3,(H,29,30). The smallest absolute Gasteiger partial charge is 0.311 e. The normalized spacial score (nSPS) is 15.2. The number of nitrogens with zero attached hydrogens (tertiary/aromatic N) is 1. The van der Waals surface area contributed by atoms with Crippen LogP contribution < -0.4 is 0 Å². The second kappa shape index (κ2) is 7.40. The average molecular weight is 434 g/mol. The predicted molar refractivity (Wildman–Crippen MR) is 107 cm³/mol. The molecule has 8 heteroatoms. The molecule has 1 atom stereocenters. The highest BCUT2D eigenvalue weighted by Gasteiger charge is 2.39. The third-order valence-electron chi connectivity index (χ3n) is 5.90. The number of halogens is 3. The van der Waals surface area contributed by atoms with Crippen molar-refractivity contribution in [2.45, 2.75) is 32.1 Å². The van der Waals surface area contributed by atoms with Crippen LogP contribution in [0.5, 0.6) is 5.75 Å². The van der Waals surface area contributed by atoms with Crippen molar-refractivity contribution in [1.82, 2.24) is 4.57 Å². The summed E-state index contributed by atoms with van der Waals surface area (Å²) in [6.45, 7) is 1.53. The minimum absolute atomic E-state index is 0.0209. The maximum atomic E-state index is 15.0. The Labute approximate surface area is 175 Å². The van der Waals surface area contributed by atoms with Gasteiger partial charge in [-0.3, -0.25) is 14.2 Å². The summed E-state index contributed by atoms with van der Waals surface area (Å²) in [6.07, 6.45) is 2.24. The van der Waals surface area contributed by atoms with Crippen LogP contribution in [0.1, 0.15) is 46.8 Å². The monoisotopic (exact) mass is 433 g/mol. The van der Waals surface area contributed by atoms with Crippen LogP contribution in [0.2, 0.25) is 5.02 Å². The lowest BCUT2D eigenvalue weighted by atomic mass is 9.72. The Hall–Kier alpha value is -2.93. The molecule has 5 nitrogen and oxygen atoms in total. The summed E-state index contributed by atoms with van der Waals surface area (Å²) in [6, 6.07) is 6.02. The molecule has 0 radical (unpaired) electrons. The highest BCUT2D eigenvalue weighted by molar-refractivity contribution is 6.30. The van der Waals surface area contributed by atoms with E-state index >= 15 is 0 Å². The van der Waals surface area contributed by atoms with Gasteiger partial charge in [-0.25, -0.2) is 8.78 Å². The summed E-state index contributed by atoms with van der Waals surface area (Å²) in [5.74, 6) is -5.37. The van der Waals surface area contributed by atoms with Crippen molar-refractivity contribution < 1.29 is 28.6 Å². The molecule has 2 N–H and O–H groups in total. The van der Waals surface area contributed by atoms with Gasteiger partial charge in [0.05, 0.1) is 16.5 Å². The van der Waals surface area contributed by atoms with Crippen LogP contribution >= 0.6 is 11.6 Å². The number of rotatable bonds is 4. The lowest BCUT2D eigenvalue weighted by Gasteiger charge is -2.31. The largest absolute Gasteiger partial charge is 0.505 e. The van der Waals surface area contributed by atoms with Crippen LogP contribution in [0.4, 0.5) is 8.78 Å². The topological polar surface area (TPSA) is 79.5 Å². The van der Waals surface area contributed by atoms with Gasteiger partial charge in [-0.05, 0) is 61.6 Å². The number of aromatic nitrogens is 1. The molecule has 1 aliphatic carbocycles. The molecule has 2 aromatic carbocycles. The Kier molecular flexibility index (Phi) is 5.02. The van der Waals surface area contributed by atoms with Crippen LogP contribution in [0.15, 0.2) is 30.3 Å². The lowest BCUT2D eigenvalue weighted by molar-refractivity contribution is -0.141. The third-order valence-corrected chi connectivity index (χ3v) is 6.21. The van der Waals surface area contributed by atoms with E-state index in [9.17, 15) is 28.6 Å². The van der Waals surface area contributed by atoms with E-state index in [1.807, 2.05) is 0 Å². The molecular weight excluding hydrogens is 416 g/mol. The lowest BCUT2D eigenvalue weighted by Crippen LogP contribution is -2.27. The number of phenols is 1. The Morgan fingerprint density at radius 3 is 2.47 bits per heavy atom. The number of aliphatic carboxylic acids is 1. The Balaban J connectivity index is 2.00. The summed E-state index contributed by atoms with van der Waals surface area (Å²) in [7, 11) is 0. The zero-order valence-electron chi connectivity index (χ0n) is 16.0. The molecule has 1 saturated carbocycles. The van der Waals surface area contributed by atoms with Crippen LogP contribution in [0, 0.1) is 24.5 Å². The number of carbonyl (C=O) groups is 2. The number of hydrogen-bond donors (Lipinski definition) is 2. The minimum atomic E-state index is -1.12. The number of aromatic hydroxyl groups is 1. The fraction of sp³-hybridized carbons (Fsp3) is 0.273. The molecule has 4 rings (SSSR count). The number of hydrogen-bond acceptors (Lipinski definition) is 3. The van der Waals surface area contributed by atoms with Crippen LogP contribution in [0.3, 0.4) is 0 Å². The van der Waals surface area contributed by atoms with E-state index < -0.39 is 35.2 Å². The van der Waals surface area contributed by atoms with Crippen LogP contribution in [-0.2, 0) is 4.79 Å². The molecule has 1 heterocycles. The number of carboxylic acids is 1. The first kappa shape index (κ1) is 20.3. The van der Waals surface area contributed by atoms with E-state index in [4.69, 9.17) is 11.6 Å². The zero-order valence-corrected chi connectivity index (χ0v) is 16.7. The fourth-order valence-corrected chi connectivity index (χ4v) is 4.33. The van der Waals surface area contributed by atoms with E-state index in [-0.39, 0.29) is 38.7 Å². The first-order chi connectivity index (χ1) is 14.2. The number of carboxylic acid groups (broad SMARTS) is 1. The van der Waals surface area contributed by atoms with Gasteiger partial charge in [0.2, 0.25) is 0 Å². The van der Waals surface area contributed by atoms with Gasteiger partial charge in [-0.15, -0.1) is 0 Å². The van der Waals surface area contributed by atoms with E-state index in [2.05, 4.69) is 0 Å². The first-order valence-corrected chi connectivity index (χ1v) is 9.85. The molecule has 30 heavy (non-hydrogen) atoms. The van der Waals surface area contributed by atoms with Gasteiger partial charge in [0.25, 0.3) is 5.91 Å². The maximum absolute atomic E-state index is 15.0. The quantitative estimate of drug-likeness (QED) is 0.589. The van der Waals surface area contributed by atoms with Crippen molar-refractivity contribution in [1.29, 1.82) is 0 Å². The molecule has 0 saturated heterocycles. The summed E-state index contributed by atoms with van der Waals surface area (Å²) < 4.78 is 30.1. The first-order valence-electron chi connectivity index (χ1n) is 9.47. The molecule has 1 unspecified atom stereocenters. The molecule has 0 amide bonds. The molecule has 1 fully saturated rings. The van der Waals surface area contributed by atoms with Gasteiger partial charge in [0.1, 0.15) is 5.82 Å². The summed E-state index contributed by atoms with van der Waals surface area (Å²) >= 11 is 5.70. The number of carbonyl (C=O) groups excluding carboxylic acids is 1. The van der Waals surface area contributed by atoms with Crippen molar-refractivity contribution in [3.05, 3.63) is 63.8 Å². The van der Waals surface area contributed by atoms with Gasteiger partial charge < -0.3 is 10.2 Å². The van der Waals surface area contributed by atoms with Gasteiger partial charge in [0, 0.05) is 16.6 Å². The second-order valence-corrected chi connectivity index (χ2v) is 7.98. The molecule has 156 valence electrons. The summed E-state index contributed by atoms with van der Waals surface area (Å²) in [5, 5.41) is 19.6. The summed E-state index contributed by atoms with van der Waals surface area (Å²) in [5.41, 5.74) is 0.503.